The van der Waals surface area contributed by atoms with E-state index < -0.39 is 0 Å². The summed E-state index contributed by atoms with van der Waals surface area (Å²) in [7, 11) is 0. The van der Waals surface area contributed by atoms with Crippen LogP contribution in [-0.4, -0.2) is 29.4 Å². The molecule has 0 aromatic carbocycles. The highest BCUT2D eigenvalue weighted by Crippen LogP contribution is 2.00. The number of aromatic nitrogens is 1. The molecule has 0 aliphatic heterocycles. The van der Waals surface area contributed by atoms with Crippen molar-refractivity contribution < 1.29 is 9.59 Å². The first-order valence-electron chi connectivity index (χ1n) is 6.33. The molecule has 104 valence electrons. The molecule has 0 aliphatic rings. The monoisotopic (exact) mass is 264 g/mol. The molecule has 1 atom stereocenters. The molecule has 6 heteroatoms. The van der Waals surface area contributed by atoms with Gasteiger partial charge < -0.3 is 16.4 Å². The number of amides is 2. The van der Waals surface area contributed by atoms with Crippen LogP contribution in [0.25, 0.3) is 0 Å². The van der Waals surface area contributed by atoms with Gasteiger partial charge in [-0.2, -0.15) is 0 Å². The van der Waals surface area contributed by atoms with E-state index in [1.165, 1.54) is 0 Å². The SMILES string of the molecule is CCC(C)NC(=O)CCNC(=O)c1cccc(N)n1. The van der Waals surface area contributed by atoms with Gasteiger partial charge in [0.05, 0.1) is 0 Å². The number of nitrogens with one attached hydrogen (secondary N) is 2. The summed E-state index contributed by atoms with van der Waals surface area (Å²) in [4.78, 5) is 27.1. The molecule has 0 saturated heterocycles. The van der Waals surface area contributed by atoms with Crippen LogP contribution >= 0.6 is 0 Å². The van der Waals surface area contributed by atoms with Gasteiger partial charge in [0.25, 0.3) is 5.91 Å². The molecule has 1 rings (SSSR count). The van der Waals surface area contributed by atoms with Crippen molar-refractivity contribution in [2.75, 3.05) is 12.3 Å². The molecule has 0 fully saturated rings. The summed E-state index contributed by atoms with van der Waals surface area (Å²) < 4.78 is 0. The Morgan fingerprint density at radius 3 is 2.79 bits per heavy atom. The van der Waals surface area contributed by atoms with Crippen molar-refractivity contribution in [3.05, 3.63) is 23.9 Å². The summed E-state index contributed by atoms with van der Waals surface area (Å²) in [6, 6.07) is 4.99. The number of rotatable bonds is 6. The van der Waals surface area contributed by atoms with Crippen LogP contribution in [0.1, 0.15) is 37.2 Å². The molecule has 1 unspecified atom stereocenters. The van der Waals surface area contributed by atoms with E-state index in [9.17, 15) is 9.59 Å². The van der Waals surface area contributed by atoms with Crippen LogP contribution in [0, 0.1) is 0 Å². The van der Waals surface area contributed by atoms with Gasteiger partial charge >= 0.3 is 0 Å². The van der Waals surface area contributed by atoms with Gasteiger partial charge in [0.2, 0.25) is 5.91 Å². The fourth-order valence-electron chi connectivity index (χ4n) is 1.41. The Kier molecular flexibility index (Phi) is 5.78. The third-order valence-corrected chi connectivity index (χ3v) is 2.66. The van der Waals surface area contributed by atoms with Crippen molar-refractivity contribution in [3.8, 4) is 0 Å². The summed E-state index contributed by atoms with van der Waals surface area (Å²) in [6.45, 7) is 4.21. The number of hydrogen-bond acceptors (Lipinski definition) is 4. The third kappa shape index (κ3) is 5.37. The number of hydrogen-bond donors (Lipinski definition) is 3. The molecule has 4 N–H and O–H groups in total. The minimum atomic E-state index is -0.330. The van der Waals surface area contributed by atoms with Crippen LogP contribution in [-0.2, 0) is 4.79 Å². The second kappa shape index (κ2) is 7.35. The number of nitrogen functional groups attached to an aromatic ring is 1. The van der Waals surface area contributed by atoms with Crippen molar-refractivity contribution in [1.82, 2.24) is 15.6 Å². The summed E-state index contributed by atoms with van der Waals surface area (Å²) in [6.07, 6.45) is 1.13. The zero-order valence-electron chi connectivity index (χ0n) is 11.3. The lowest BCUT2D eigenvalue weighted by atomic mass is 10.2. The Hall–Kier alpha value is -2.11. The number of pyridine rings is 1. The van der Waals surface area contributed by atoms with Crippen molar-refractivity contribution in [2.24, 2.45) is 0 Å². The van der Waals surface area contributed by atoms with E-state index in [1.54, 1.807) is 18.2 Å². The highest BCUT2D eigenvalue weighted by molar-refractivity contribution is 5.92. The maximum atomic E-state index is 11.7. The first-order valence-corrected chi connectivity index (χ1v) is 6.33. The fourth-order valence-corrected chi connectivity index (χ4v) is 1.41. The van der Waals surface area contributed by atoms with Crippen molar-refractivity contribution in [2.45, 2.75) is 32.7 Å². The Bertz CT molecular complexity index is 448. The zero-order valence-corrected chi connectivity index (χ0v) is 11.3. The first-order chi connectivity index (χ1) is 9.02. The van der Waals surface area contributed by atoms with E-state index in [2.05, 4.69) is 15.6 Å². The Balaban J connectivity index is 2.33. The molecule has 0 spiro atoms. The number of nitrogens with zero attached hydrogens (tertiary/aromatic N) is 1. The van der Waals surface area contributed by atoms with Crippen LogP contribution in [0.4, 0.5) is 5.82 Å². The van der Waals surface area contributed by atoms with Crippen LogP contribution in [0.2, 0.25) is 0 Å². The quantitative estimate of drug-likeness (QED) is 0.704. The summed E-state index contributed by atoms with van der Waals surface area (Å²) >= 11 is 0. The summed E-state index contributed by atoms with van der Waals surface area (Å²) in [5, 5.41) is 5.46. The lowest BCUT2D eigenvalue weighted by Crippen LogP contribution is -2.35. The molecule has 6 nitrogen and oxygen atoms in total. The van der Waals surface area contributed by atoms with Gasteiger partial charge in [-0.05, 0) is 25.5 Å². The van der Waals surface area contributed by atoms with Crippen LogP contribution in [0.15, 0.2) is 18.2 Å². The maximum absolute atomic E-state index is 11.7. The maximum Gasteiger partial charge on any atom is 0.269 e. The van der Waals surface area contributed by atoms with E-state index in [4.69, 9.17) is 5.73 Å². The molecule has 19 heavy (non-hydrogen) atoms. The molecule has 1 heterocycles. The largest absolute Gasteiger partial charge is 0.384 e. The van der Waals surface area contributed by atoms with Gasteiger partial charge in [-0.15, -0.1) is 0 Å². The molecular weight excluding hydrogens is 244 g/mol. The highest BCUT2D eigenvalue weighted by atomic mass is 16.2. The first kappa shape index (κ1) is 14.9. The highest BCUT2D eigenvalue weighted by Gasteiger charge is 2.09. The Labute approximate surface area is 112 Å². The second-order valence-electron chi connectivity index (χ2n) is 4.33. The lowest BCUT2D eigenvalue weighted by Gasteiger charge is -2.11. The topological polar surface area (TPSA) is 97.1 Å². The van der Waals surface area contributed by atoms with E-state index in [0.717, 1.165) is 6.42 Å². The van der Waals surface area contributed by atoms with Crippen LogP contribution in [0.3, 0.4) is 0 Å². The standard InChI is InChI=1S/C13H20N4O2/c1-3-9(2)16-12(18)7-8-15-13(19)10-5-4-6-11(14)17-10/h4-6,9H,3,7-8H2,1-2H3,(H2,14,17)(H,15,19)(H,16,18). The van der Waals surface area contributed by atoms with Gasteiger partial charge in [-0.3, -0.25) is 9.59 Å². The molecule has 2 amide bonds. The number of nitrogens with two attached hydrogens (primary N) is 1. The van der Waals surface area contributed by atoms with Crippen LogP contribution < -0.4 is 16.4 Å². The Morgan fingerprint density at radius 2 is 2.16 bits per heavy atom. The second-order valence-corrected chi connectivity index (χ2v) is 4.33. The number of carbonyl (C=O) groups is 2. The minimum absolute atomic E-state index is 0.0739. The Morgan fingerprint density at radius 1 is 1.42 bits per heavy atom. The predicted octanol–water partition coefficient (Wildman–Crippen LogP) is 0.698. The average Bonchev–Trinajstić information content (AvgIpc) is 2.38. The van der Waals surface area contributed by atoms with Gasteiger partial charge in [0, 0.05) is 19.0 Å². The van der Waals surface area contributed by atoms with Crippen molar-refractivity contribution >= 4 is 17.6 Å². The molecule has 1 aromatic rings. The molecule has 0 radical (unpaired) electrons. The van der Waals surface area contributed by atoms with E-state index in [0.29, 0.717) is 5.82 Å². The van der Waals surface area contributed by atoms with Gasteiger partial charge in [-0.1, -0.05) is 13.0 Å². The van der Waals surface area contributed by atoms with Gasteiger partial charge in [0.1, 0.15) is 11.5 Å². The van der Waals surface area contributed by atoms with Crippen molar-refractivity contribution in [3.63, 3.8) is 0 Å². The van der Waals surface area contributed by atoms with E-state index >= 15 is 0 Å². The fraction of sp³-hybridized carbons (Fsp3) is 0.462. The number of anilines is 1. The summed E-state index contributed by atoms with van der Waals surface area (Å²) in [5.41, 5.74) is 5.74. The third-order valence-electron chi connectivity index (χ3n) is 2.66. The zero-order chi connectivity index (χ0) is 14.3. The molecule has 0 saturated carbocycles. The molecule has 0 aliphatic carbocycles. The molecule has 1 aromatic heterocycles. The van der Waals surface area contributed by atoms with E-state index in [-0.39, 0.29) is 36.5 Å². The van der Waals surface area contributed by atoms with Crippen molar-refractivity contribution in [1.29, 1.82) is 0 Å². The molecular formula is C13H20N4O2. The van der Waals surface area contributed by atoms with Gasteiger partial charge in [-0.25, -0.2) is 4.98 Å². The van der Waals surface area contributed by atoms with Gasteiger partial charge in [0.15, 0.2) is 0 Å². The number of carbonyl (C=O) groups excluding carboxylic acids is 2. The summed E-state index contributed by atoms with van der Waals surface area (Å²) in [5.74, 6) is -0.110. The lowest BCUT2D eigenvalue weighted by molar-refractivity contribution is -0.121. The average molecular weight is 264 g/mol. The minimum Gasteiger partial charge on any atom is -0.384 e. The predicted molar refractivity (Wildman–Crippen MR) is 73.5 cm³/mol. The molecule has 0 bridgehead atoms. The van der Waals surface area contributed by atoms with E-state index in [1.807, 2.05) is 13.8 Å². The normalized spacial score (nSPS) is 11.7. The van der Waals surface area contributed by atoms with Crippen LogP contribution in [0.5, 0.6) is 0 Å². The smallest absolute Gasteiger partial charge is 0.269 e.